The highest BCUT2D eigenvalue weighted by atomic mass is 19.1. The molecule has 0 aliphatic carbocycles. The minimum absolute atomic E-state index is 0.0633. The van der Waals surface area contributed by atoms with Crippen molar-refractivity contribution in [1.82, 2.24) is 29.2 Å². The molecule has 328 valence electrons. The Hall–Kier alpha value is -5.17. The summed E-state index contributed by atoms with van der Waals surface area (Å²) >= 11 is 0. The molecule has 0 bridgehead atoms. The lowest BCUT2D eigenvalue weighted by molar-refractivity contribution is -0.119. The summed E-state index contributed by atoms with van der Waals surface area (Å²) in [5, 5.41) is 6.03. The summed E-state index contributed by atoms with van der Waals surface area (Å²) < 4.78 is 17.6. The molecule has 4 aliphatic heterocycles. The van der Waals surface area contributed by atoms with Gasteiger partial charge in [-0.1, -0.05) is 23.8 Å². The van der Waals surface area contributed by atoms with E-state index in [-0.39, 0.29) is 29.1 Å². The monoisotopic (exact) mass is 843 g/mol. The number of fused-ring (bicyclic) bond motifs is 1. The van der Waals surface area contributed by atoms with E-state index in [0.29, 0.717) is 24.6 Å². The van der Waals surface area contributed by atoms with E-state index >= 15 is 4.39 Å². The number of pyridine rings is 2. The maximum absolute atomic E-state index is 16.0. The standard InChI is InChI=1S/C50H63FN8O3/c1-33(25-41-35(3)53-15-9-45(41)59-20-14-40(52-6)29-46(59)60)30-55-16-12-38(13-17-55)47-34(2)26-39(28-43(47)51)48(61)58-18-10-36(11-19-58)31-56-21-23-57(24-22-56)32-37-7-8-44-42(27-37)50(4,5)49(62)54-44/h7-9,14-15,20,25-29,36,38,52H,10-13,16-19,21-24,30-32H2,1-6H3,(H,54,62)/b33-25+. The molecule has 11 nitrogen and oxygen atoms in total. The van der Waals surface area contributed by atoms with E-state index in [2.05, 4.69) is 55.4 Å². The van der Waals surface area contributed by atoms with Gasteiger partial charge in [0.1, 0.15) is 5.82 Å². The number of nitrogens with one attached hydrogen (secondary N) is 2. The Morgan fingerprint density at radius 1 is 0.903 bits per heavy atom. The van der Waals surface area contributed by atoms with E-state index in [9.17, 15) is 14.4 Å². The molecule has 0 saturated carbocycles. The van der Waals surface area contributed by atoms with Gasteiger partial charge in [0.05, 0.1) is 11.1 Å². The third-order valence-electron chi connectivity index (χ3n) is 13.9. The number of piperazine rings is 1. The molecule has 4 aliphatic rings. The van der Waals surface area contributed by atoms with Crippen molar-refractivity contribution in [2.24, 2.45) is 5.92 Å². The van der Waals surface area contributed by atoms with Crippen molar-refractivity contribution in [2.75, 3.05) is 83.1 Å². The number of hydrogen-bond donors (Lipinski definition) is 2. The third-order valence-corrected chi connectivity index (χ3v) is 13.9. The lowest BCUT2D eigenvalue weighted by Crippen LogP contribution is -2.48. The van der Waals surface area contributed by atoms with Gasteiger partial charge in [-0.25, -0.2) is 4.39 Å². The van der Waals surface area contributed by atoms with Crippen LogP contribution in [0.1, 0.15) is 96.2 Å². The van der Waals surface area contributed by atoms with Gasteiger partial charge in [-0.05, 0) is 138 Å². The Morgan fingerprint density at radius 3 is 2.32 bits per heavy atom. The number of rotatable bonds is 11. The summed E-state index contributed by atoms with van der Waals surface area (Å²) in [6, 6.07) is 15.1. The Bertz CT molecular complexity index is 2380. The number of hydrogen-bond acceptors (Lipinski definition) is 8. The van der Waals surface area contributed by atoms with Crippen LogP contribution in [0.15, 0.2) is 71.3 Å². The second-order valence-electron chi connectivity index (χ2n) is 18.7. The number of benzene rings is 2. The molecule has 2 aromatic carbocycles. The van der Waals surface area contributed by atoms with Crippen molar-refractivity contribution in [1.29, 1.82) is 0 Å². The molecule has 0 unspecified atom stereocenters. The molecule has 12 heteroatoms. The fourth-order valence-corrected chi connectivity index (χ4v) is 10.2. The summed E-state index contributed by atoms with van der Waals surface area (Å²) in [5.74, 6) is 0.386. The van der Waals surface area contributed by atoms with Gasteiger partial charge in [0.15, 0.2) is 0 Å². The molecular weight excluding hydrogens is 780 g/mol. The summed E-state index contributed by atoms with van der Waals surface area (Å²) in [7, 11) is 1.80. The third kappa shape index (κ3) is 9.28. The number of nitrogens with zero attached hydrogens (tertiary/aromatic N) is 6. The fourth-order valence-electron chi connectivity index (χ4n) is 10.2. The molecule has 3 saturated heterocycles. The molecule has 2 aromatic heterocycles. The highest BCUT2D eigenvalue weighted by molar-refractivity contribution is 6.05. The molecule has 4 aromatic rings. The van der Waals surface area contributed by atoms with Crippen LogP contribution >= 0.6 is 0 Å². The van der Waals surface area contributed by atoms with Crippen LogP contribution in [0.5, 0.6) is 0 Å². The largest absolute Gasteiger partial charge is 0.388 e. The smallest absolute Gasteiger partial charge is 0.257 e. The Morgan fingerprint density at radius 2 is 1.63 bits per heavy atom. The highest BCUT2D eigenvalue weighted by Crippen LogP contribution is 2.38. The van der Waals surface area contributed by atoms with Crippen LogP contribution in [0.4, 0.5) is 15.8 Å². The molecule has 0 atom stereocenters. The van der Waals surface area contributed by atoms with Crippen LogP contribution in [-0.2, 0) is 16.8 Å². The molecule has 6 heterocycles. The van der Waals surface area contributed by atoms with E-state index in [4.69, 9.17) is 0 Å². The molecule has 0 spiro atoms. The quantitative estimate of drug-likeness (QED) is 0.163. The van der Waals surface area contributed by atoms with Crippen molar-refractivity contribution in [2.45, 2.75) is 78.2 Å². The van der Waals surface area contributed by atoms with E-state index in [0.717, 1.165) is 130 Å². The van der Waals surface area contributed by atoms with Crippen LogP contribution in [-0.4, -0.2) is 113 Å². The normalized spacial score (nSPS) is 19.4. The van der Waals surface area contributed by atoms with Crippen molar-refractivity contribution in [3.05, 3.63) is 122 Å². The lowest BCUT2D eigenvalue weighted by Gasteiger charge is -2.39. The minimum atomic E-state index is -0.496. The molecule has 0 radical (unpaired) electrons. The van der Waals surface area contributed by atoms with Gasteiger partial charge in [-0.15, -0.1) is 0 Å². The number of aromatic nitrogens is 2. The number of anilines is 2. The molecule has 62 heavy (non-hydrogen) atoms. The van der Waals surface area contributed by atoms with Crippen LogP contribution in [0, 0.1) is 25.6 Å². The average Bonchev–Trinajstić information content (AvgIpc) is 3.48. The van der Waals surface area contributed by atoms with Gasteiger partial charge >= 0.3 is 0 Å². The van der Waals surface area contributed by atoms with Crippen molar-refractivity contribution < 1.29 is 14.0 Å². The second-order valence-corrected chi connectivity index (χ2v) is 18.7. The summed E-state index contributed by atoms with van der Waals surface area (Å²) in [4.78, 5) is 53.0. The molecule has 3 fully saturated rings. The van der Waals surface area contributed by atoms with Gasteiger partial charge in [0.25, 0.3) is 11.5 Å². The van der Waals surface area contributed by atoms with Gasteiger partial charge in [0.2, 0.25) is 5.91 Å². The topological polar surface area (TPSA) is 106 Å². The van der Waals surface area contributed by atoms with Crippen LogP contribution in [0.2, 0.25) is 0 Å². The number of carbonyl (C=O) groups is 2. The van der Waals surface area contributed by atoms with Crippen molar-refractivity contribution >= 4 is 29.3 Å². The Balaban J connectivity index is 0.797. The SMILES string of the molecule is CNc1ccn(-c2ccnc(C)c2/C=C(\C)CN2CCC(c3c(C)cc(C(=O)N4CCC(CN5CCN(Cc6ccc7c(c6)C(C)(C)C(=O)N7)CC5)CC4)cc3F)CC2)c(=O)c1. The first-order valence-corrected chi connectivity index (χ1v) is 22.5. The zero-order valence-electron chi connectivity index (χ0n) is 37.4. The highest BCUT2D eigenvalue weighted by Gasteiger charge is 2.38. The van der Waals surface area contributed by atoms with E-state index in [1.807, 2.05) is 56.9 Å². The number of amides is 2. The summed E-state index contributed by atoms with van der Waals surface area (Å²) in [6.45, 7) is 19.9. The zero-order valence-corrected chi connectivity index (χ0v) is 37.4. The van der Waals surface area contributed by atoms with Crippen LogP contribution < -0.4 is 16.2 Å². The number of aryl methyl sites for hydroxylation is 2. The fraction of sp³-hybridized carbons (Fsp3) is 0.480. The second kappa shape index (κ2) is 18.3. The lowest BCUT2D eigenvalue weighted by atomic mass is 9.85. The first-order chi connectivity index (χ1) is 29.8. The molecule has 2 amide bonds. The number of piperidine rings is 2. The number of carbonyl (C=O) groups excluding carboxylic acids is 2. The first-order valence-electron chi connectivity index (χ1n) is 22.5. The number of likely N-dealkylation sites (tertiary alicyclic amines) is 2. The number of halogens is 1. The summed E-state index contributed by atoms with van der Waals surface area (Å²) in [5.41, 5.74) is 9.25. The maximum Gasteiger partial charge on any atom is 0.257 e. The van der Waals surface area contributed by atoms with Crippen LogP contribution in [0.3, 0.4) is 0 Å². The van der Waals surface area contributed by atoms with Crippen molar-refractivity contribution in [3.8, 4) is 5.69 Å². The van der Waals surface area contributed by atoms with Gasteiger partial charge < -0.3 is 20.4 Å². The Labute approximate surface area is 366 Å². The zero-order chi connectivity index (χ0) is 43.7. The summed E-state index contributed by atoms with van der Waals surface area (Å²) in [6.07, 6.45) is 9.28. The Kier molecular flexibility index (Phi) is 12.8. The molecular formula is C50H63FN8O3. The van der Waals surface area contributed by atoms with E-state index < -0.39 is 5.41 Å². The van der Waals surface area contributed by atoms with Gasteiger partial charge in [-0.3, -0.25) is 33.7 Å². The predicted octanol–water partition coefficient (Wildman–Crippen LogP) is 7.21. The molecule has 2 N–H and O–H groups in total. The van der Waals surface area contributed by atoms with Gasteiger partial charge in [-0.2, -0.15) is 0 Å². The maximum atomic E-state index is 16.0. The van der Waals surface area contributed by atoms with Crippen LogP contribution in [0.25, 0.3) is 11.8 Å². The van der Waals surface area contributed by atoms with E-state index in [1.165, 1.54) is 17.2 Å². The minimum Gasteiger partial charge on any atom is -0.388 e. The van der Waals surface area contributed by atoms with Crippen molar-refractivity contribution in [3.63, 3.8) is 0 Å². The molecule has 8 rings (SSSR count). The average molecular weight is 843 g/mol. The van der Waals surface area contributed by atoms with Gasteiger partial charge in [0, 0.05) is 113 Å². The first kappa shape index (κ1) is 43.5. The predicted molar refractivity (Wildman–Crippen MR) is 246 cm³/mol. The van der Waals surface area contributed by atoms with E-state index in [1.54, 1.807) is 30.1 Å².